The van der Waals surface area contributed by atoms with Crippen molar-refractivity contribution in [2.75, 3.05) is 47.5 Å². The fourth-order valence-corrected chi connectivity index (χ4v) is 2.84. The van der Waals surface area contributed by atoms with E-state index in [0.717, 1.165) is 0 Å². The van der Waals surface area contributed by atoms with Gasteiger partial charge in [0.2, 0.25) is 11.8 Å². The minimum Gasteiger partial charge on any atom is -0.383 e. The van der Waals surface area contributed by atoms with Crippen molar-refractivity contribution < 1.29 is 19.1 Å². The highest BCUT2D eigenvalue weighted by Crippen LogP contribution is 2.50. The zero-order valence-electron chi connectivity index (χ0n) is 15.2. The van der Waals surface area contributed by atoms with Gasteiger partial charge in [0.15, 0.2) is 0 Å². The molecule has 2 atom stereocenters. The number of amides is 2. The Hall–Kier alpha value is -1.18. The third-order valence-corrected chi connectivity index (χ3v) is 4.89. The summed E-state index contributed by atoms with van der Waals surface area (Å²) in [6.07, 6.45) is 0.419. The molecule has 0 aliphatic heterocycles. The SMILES string of the molecule is CCOC1CC(N)(C(=O)N(CCOC)CC(=O)N(C)C)C1(C)C. The molecule has 1 aliphatic carbocycles. The molecule has 1 fully saturated rings. The van der Waals surface area contributed by atoms with Gasteiger partial charge in [-0.05, 0) is 6.92 Å². The lowest BCUT2D eigenvalue weighted by Crippen LogP contribution is -2.76. The quantitative estimate of drug-likeness (QED) is 0.682. The van der Waals surface area contributed by atoms with Crippen molar-refractivity contribution in [1.82, 2.24) is 9.80 Å². The van der Waals surface area contributed by atoms with E-state index in [9.17, 15) is 9.59 Å². The lowest BCUT2D eigenvalue weighted by molar-refractivity contribution is -0.180. The van der Waals surface area contributed by atoms with Crippen molar-refractivity contribution in [2.24, 2.45) is 11.1 Å². The van der Waals surface area contributed by atoms with Crippen LogP contribution in [0.15, 0.2) is 0 Å². The van der Waals surface area contributed by atoms with Crippen LogP contribution >= 0.6 is 0 Å². The topological polar surface area (TPSA) is 85.1 Å². The van der Waals surface area contributed by atoms with Crippen molar-refractivity contribution in [3.8, 4) is 0 Å². The van der Waals surface area contributed by atoms with Crippen LogP contribution in [0.4, 0.5) is 0 Å². The first-order chi connectivity index (χ1) is 10.6. The highest BCUT2D eigenvalue weighted by atomic mass is 16.5. The van der Waals surface area contributed by atoms with Crippen molar-refractivity contribution in [3.63, 3.8) is 0 Å². The van der Waals surface area contributed by atoms with Gasteiger partial charge in [-0.2, -0.15) is 0 Å². The van der Waals surface area contributed by atoms with Crippen LogP contribution in [0, 0.1) is 5.41 Å². The molecule has 134 valence electrons. The van der Waals surface area contributed by atoms with Crippen LogP contribution in [0.25, 0.3) is 0 Å². The molecule has 0 aromatic heterocycles. The summed E-state index contributed by atoms with van der Waals surface area (Å²) in [5.41, 5.74) is 4.93. The van der Waals surface area contributed by atoms with Gasteiger partial charge in [-0.15, -0.1) is 0 Å². The second-order valence-electron chi connectivity index (χ2n) is 6.85. The molecule has 1 rings (SSSR count). The van der Waals surface area contributed by atoms with Crippen molar-refractivity contribution in [2.45, 2.75) is 38.8 Å². The van der Waals surface area contributed by atoms with E-state index in [0.29, 0.717) is 26.2 Å². The monoisotopic (exact) mass is 329 g/mol. The maximum absolute atomic E-state index is 13.0. The van der Waals surface area contributed by atoms with Gasteiger partial charge >= 0.3 is 0 Å². The Balaban J connectivity index is 2.89. The van der Waals surface area contributed by atoms with E-state index in [1.165, 1.54) is 9.80 Å². The Kier molecular flexibility index (Phi) is 6.56. The standard InChI is InChI=1S/C16H31N3O4/c1-7-23-12-10-16(17,15(12,2)3)14(21)19(8-9-22-6)11-13(20)18(4)5/h12H,7-11,17H2,1-6H3. The van der Waals surface area contributed by atoms with Crippen molar-refractivity contribution >= 4 is 11.8 Å². The average Bonchev–Trinajstić information content (AvgIpc) is 2.49. The van der Waals surface area contributed by atoms with E-state index in [1.807, 2.05) is 20.8 Å². The molecule has 0 aromatic rings. The predicted octanol–water partition coefficient (Wildman–Crippen LogP) is 0.0821. The number of hydrogen-bond acceptors (Lipinski definition) is 5. The summed E-state index contributed by atoms with van der Waals surface area (Å²) in [5, 5.41) is 0. The molecule has 0 spiro atoms. The Morgan fingerprint density at radius 3 is 2.35 bits per heavy atom. The molecule has 2 amide bonds. The van der Waals surface area contributed by atoms with E-state index in [1.54, 1.807) is 21.2 Å². The first-order valence-corrected chi connectivity index (χ1v) is 8.00. The number of methoxy groups -OCH3 is 1. The van der Waals surface area contributed by atoms with E-state index in [-0.39, 0.29) is 24.5 Å². The van der Waals surface area contributed by atoms with Crippen LogP contribution < -0.4 is 5.73 Å². The molecule has 7 heteroatoms. The third-order valence-electron chi connectivity index (χ3n) is 4.89. The molecule has 0 bridgehead atoms. The Bertz CT molecular complexity index is 439. The number of likely N-dealkylation sites (N-methyl/N-ethyl adjacent to an activating group) is 1. The lowest BCUT2D eigenvalue weighted by atomic mass is 9.54. The van der Waals surface area contributed by atoms with Crippen molar-refractivity contribution in [1.29, 1.82) is 0 Å². The van der Waals surface area contributed by atoms with E-state index in [2.05, 4.69) is 0 Å². The van der Waals surface area contributed by atoms with Gasteiger partial charge in [0.1, 0.15) is 5.54 Å². The molecule has 23 heavy (non-hydrogen) atoms. The normalized spacial score (nSPS) is 25.6. The van der Waals surface area contributed by atoms with Crippen LogP contribution in [0.5, 0.6) is 0 Å². The highest BCUT2D eigenvalue weighted by molar-refractivity contribution is 5.92. The zero-order chi connectivity index (χ0) is 17.8. The van der Waals surface area contributed by atoms with Gasteiger partial charge in [-0.1, -0.05) is 13.8 Å². The van der Waals surface area contributed by atoms with Gasteiger partial charge in [0.05, 0.1) is 19.3 Å². The van der Waals surface area contributed by atoms with Crippen LogP contribution in [0.2, 0.25) is 0 Å². The molecule has 2 unspecified atom stereocenters. The minimum atomic E-state index is -1.02. The number of carbonyl (C=O) groups excluding carboxylic acids is 2. The number of hydrogen-bond donors (Lipinski definition) is 1. The molecule has 0 heterocycles. The average molecular weight is 329 g/mol. The zero-order valence-corrected chi connectivity index (χ0v) is 15.2. The van der Waals surface area contributed by atoms with Gasteiger partial charge in [0, 0.05) is 46.2 Å². The van der Waals surface area contributed by atoms with Crippen LogP contribution in [0.3, 0.4) is 0 Å². The second kappa shape index (κ2) is 7.59. The summed E-state index contributed by atoms with van der Waals surface area (Å²) in [7, 11) is 4.89. The summed E-state index contributed by atoms with van der Waals surface area (Å²) in [6.45, 7) is 7.10. The fourth-order valence-electron chi connectivity index (χ4n) is 2.84. The Morgan fingerprint density at radius 1 is 1.30 bits per heavy atom. The van der Waals surface area contributed by atoms with E-state index in [4.69, 9.17) is 15.2 Å². The number of ether oxygens (including phenoxy) is 2. The number of rotatable bonds is 8. The maximum Gasteiger partial charge on any atom is 0.243 e. The summed E-state index contributed by atoms with van der Waals surface area (Å²) < 4.78 is 10.7. The van der Waals surface area contributed by atoms with E-state index >= 15 is 0 Å². The third kappa shape index (κ3) is 3.84. The first-order valence-electron chi connectivity index (χ1n) is 8.00. The summed E-state index contributed by atoms with van der Waals surface area (Å²) in [4.78, 5) is 28.0. The van der Waals surface area contributed by atoms with Gasteiger partial charge in [-0.25, -0.2) is 0 Å². The minimum absolute atomic E-state index is 0.00350. The molecule has 1 saturated carbocycles. The molecule has 0 radical (unpaired) electrons. The number of carbonyl (C=O) groups is 2. The molecular weight excluding hydrogens is 298 g/mol. The van der Waals surface area contributed by atoms with Gasteiger partial charge in [-0.3, -0.25) is 9.59 Å². The predicted molar refractivity (Wildman–Crippen MR) is 87.9 cm³/mol. The number of nitrogens with zero attached hydrogens (tertiary/aromatic N) is 2. The van der Waals surface area contributed by atoms with Crippen LogP contribution in [0.1, 0.15) is 27.2 Å². The Labute approximate surface area is 139 Å². The fraction of sp³-hybridized carbons (Fsp3) is 0.875. The highest BCUT2D eigenvalue weighted by Gasteiger charge is 2.63. The van der Waals surface area contributed by atoms with Crippen LogP contribution in [-0.4, -0.2) is 80.8 Å². The number of nitrogens with two attached hydrogens (primary N) is 1. The largest absolute Gasteiger partial charge is 0.383 e. The summed E-state index contributed by atoms with van der Waals surface area (Å²) in [5.74, 6) is -0.359. The molecule has 7 nitrogen and oxygen atoms in total. The smallest absolute Gasteiger partial charge is 0.243 e. The summed E-state index contributed by atoms with van der Waals surface area (Å²) >= 11 is 0. The maximum atomic E-state index is 13.0. The molecular formula is C16H31N3O4. The van der Waals surface area contributed by atoms with Gasteiger partial charge < -0.3 is 25.0 Å². The molecule has 1 aliphatic rings. The molecule has 0 aromatic carbocycles. The molecule has 2 N–H and O–H groups in total. The van der Waals surface area contributed by atoms with Crippen molar-refractivity contribution in [3.05, 3.63) is 0 Å². The molecule has 0 saturated heterocycles. The van der Waals surface area contributed by atoms with Crippen LogP contribution in [-0.2, 0) is 19.1 Å². The second-order valence-corrected chi connectivity index (χ2v) is 6.85. The lowest BCUT2D eigenvalue weighted by Gasteiger charge is -2.58. The van der Waals surface area contributed by atoms with E-state index < -0.39 is 11.0 Å². The Morgan fingerprint density at radius 2 is 1.91 bits per heavy atom. The first kappa shape index (κ1) is 19.9. The van der Waals surface area contributed by atoms with Gasteiger partial charge in [0.25, 0.3) is 0 Å². The summed E-state index contributed by atoms with van der Waals surface area (Å²) in [6, 6.07) is 0.